The van der Waals surface area contributed by atoms with Crippen molar-refractivity contribution in [3.8, 4) is 0 Å². The van der Waals surface area contributed by atoms with Crippen LogP contribution in [0.3, 0.4) is 0 Å². The van der Waals surface area contributed by atoms with Crippen LogP contribution in [0.2, 0.25) is 0 Å². The van der Waals surface area contributed by atoms with Crippen molar-refractivity contribution in [2.24, 2.45) is 5.92 Å². The fourth-order valence-electron chi connectivity index (χ4n) is 2.65. The zero-order valence-electron chi connectivity index (χ0n) is 10.3. The molecule has 1 fully saturated rings. The standard InChI is InChI=1S/C14H22N2/c1-12-10-16(9-8-14(12)15-2)11-13-6-4-3-5-7-13/h3-7,12,14-15H,8-11H2,1-2H3/t12-,14-/m1/s1. The first-order valence-corrected chi connectivity index (χ1v) is 6.23. The Morgan fingerprint density at radius 2 is 2.06 bits per heavy atom. The van der Waals surface area contributed by atoms with Crippen molar-refractivity contribution in [3.63, 3.8) is 0 Å². The first kappa shape index (κ1) is 11.6. The van der Waals surface area contributed by atoms with Gasteiger partial charge in [0.1, 0.15) is 0 Å². The maximum atomic E-state index is 3.41. The van der Waals surface area contributed by atoms with Crippen LogP contribution in [0.4, 0.5) is 0 Å². The molecule has 0 spiro atoms. The molecule has 0 bridgehead atoms. The second-order valence-electron chi connectivity index (χ2n) is 4.88. The third-order valence-corrected chi connectivity index (χ3v) is 3.61. The van der Waals surface area contributed by atoms with Gasteiger partial charge >= 0.3 is 0 Å². The van der Waals surface area contributed by atoms with Crippen molar-refractivity contribution in [1.82, 2.24) is 10.2 Å². The second-order valence-corrected chi connectivity index (χ2v) is 4.88. The molecule has 0 radical (unpaired) electrons. The maximum absolute atomic E-state index is 3.41. The summed E-state index contributed by atoms with van der Waals surface area (Å²) in [5, 5.41) is 3.41. The van der Waals surface area contributed by atoms with Crippen molar-refractivity contribution in [2.45, 2.75) is 25.9 Å². The Hall–Kier alpha value is -0.860. The van der Waals surface area contributed by atoms with E-state index < -0.39 is 0 Å². The quantitative estimate of drug-likeness (QED) is 0.836. The number of nitrogens with one attached hydrogen (secondary N) is 1. The summed E-state index contributed by atoms with van der Waals surface area (Å²) in [4.78, 5) is 2.56. The summed E-state index contributed by atoms with van der Waals surface area (Å²) in [6.45, 7) is 5.87. The van der Waals surface area contributed by atoms with Crippen LogP contribution in [0.25, 0.3) is 0 Å². The SMILES string of the molecule is CN[C@@H]1CCN(Cc2ccccc2)C[C@H]1C. The predicted molar refractivity (Wildman–Crippen MR) is 68.3 cm³/mol. The summed E-state index contributed by atoms with van der Waals surface area (Å²) in [6, 6.07) is 11.5. The van der Waals surface area contributed by atoms with Crippen LogP contribution in [0.15, 0.2) is 30.3 Å². The summed E-state index contributed by atoms with van der Waals surface area (Å²) < 4.78 is 0. The average molecular weight is 218 g/mol. The summed E-state index contributed by atoms with van der Waals surface area (Å²) in [5.41, 5.74) is 1.43. The number of hydrogen-bond acceptors (Lipinski definition) is 2. The van der Waals surface area contributed by atoms with Crippen LogP contribution >= 0.6 is 0 Å². The van der Waals surface area contributed by atoms with Crippen molar-refractivity contribution in [2.75, 3.05) is 20.1 Å². The van der Waals surface area contributed by atoms with E-state index in [1.165, 1.54) is 25.1 Å². The average Bonchev–Trinajstić information content (AvgIpc) is 2.31. The van der Waals surface area contributed by atoms with Gasteiger partial charge in [0.2, 0.25) is 0 Å². The van der Waals surface area contributed by atoms with Crippen LogP contribution in [-0.2, 0) is 6.54 Å². The van der Waals surface area contributed by atoms with E-state index in [1.54, 1.807) is 0 Å². The largest absolute Gasteiger partial charge is 0.317 e. The Bertz CT molecular complexity index is 310. The fraction of sp³-hybridized carbons (Fsp3) is 0.571. The van der Waals surface area contributed by atoms with E-state index in [2.05, 4.69) is 54.5 Å². The first-order chi connectivity index (χ1) is 7.79. The number of benzene rings is 1. The Kier molecular flexibility index (Phi) is 3.97. The normalized spacial score (nSPS) is 26.9. The molecular weight excluding hydrogens is 196 g/mol. The molecule has 0 aromatic heterocycles. The van der Waals surface area contributed by atoms with E-state index in [4.69, 9.17) is 0 Å². The Balaban J connectivity index is 1.89. The maximum Gasteiger partial charge on any atom is 0.0233 e. The molecule has 1 aliphatic rings. The van der Waals surface area contributed by atoms with Gasteiger partial charge in [-0.3, -0.25) is 4.90 Å². The minimum Gasteiger partial charge on any atom is -0.317 e. The molecule has 1 saturated heterocycles. The molecule has 2 rings (SSSR count). The number of hydrogen-bond donors (Lipinski definition) is 1. The second kappa shape index (κ2) is 5.46. The predicted octanol–water partition coefficient (Wildman–Crippen LogP) is 2.12. The van der Waals surface area contributed by atoms with E-state index in [0.29, 0.717) is 6.04 Å². The van der Waals surface area contributed by atoms with E-state index >= 15 is 0 Å². The van der Waals surface area contributed by atoms with Gasteiger partial charge in [0, 0.05) is 19.1 Å². The van der Waals surface area contributed by atoms with E-state index in [0.717, 1.165) is 12.5 Å². The topological polar surface area (TPSA) is 15.3 Å². The van der Waals surface area contributed by atoms with Crippen molar-refractivity contribution in [1.29, 1.82) is 0 Å². The van der Waals surface area contributed by atoms with Gasteiger partial charge in [0.25, 0.3) is 0 Å². The van der Waals surface area contributed by atoms with Gasteiger partial charge in [0.15, 0.2) is 0 Å². The molecule has 88 valence electrons. The molecule has 1 heterocycles. The highest BCUT2D eigenvalue weighted by molar-refractivity contribution is 5.14. The number of rotatable bonds is 3. The number of piperidine rings is 1. The highest BCUT2D eigenvalue weighted by atomic mass is 15.1. The molecule has 2 atom stereocenters. The highest BCUT2D eigenvalue weighted by Gasteiger charge is 2.24. The van der Waals surface area contributed by atoms with Crippen LogP contribution in [0, 0.1) is 5.92 Å². The monoisotopic (exact) mass is 218 g/mol. The van der Waals surface area contributed by atoms with Crippen LogP contribution in [0.5, 0.6) is 0 Å². The zero-order valence-corrected chi connectivity index (χ0v) is 10.3. The lowest BCUT2D eigenvalue weighted by atomic mass is 9.94. The number of nitrogens with zero attached hydrogens (tertiary/aromatic N) is 1. The minimum atomic E-state index is 0.701. The molecule has 0 amide bonds. The van der Waals surface area contributed by atoms with Gasteiger partial charge in [-0.1, -0.05) is 37.3 Å². The van der Waals surface area contributed by atoms with Gasteiger partial charge in [-0.05, 0) is 31.5 Å². The Morgan fingerprint density at radius 1 is 1.31 bits per heavy atom. The van der Waals surface area contributed by atoms with E-state index in [9.17, 15) is 0 Å². The zero-order chi connectivity index (χ0) is 11.4. The molecule has 2 nitrogen and oxygen atoms in total. The van der Waals surface area contributed by atoms with Crippen LogP contribution < -0.4 is 5.32 Å². The fourth-order valence-corrected chi connectivity index (χ4v) is 2.65. The Morgan fingerprint density at radius 3 is 2.69 bits per heavy atom. The first-order valence-electron chi connectivity index (χ1n) is 6.23. The summed E-state index contributed by atoms with van der Waals surface area (Å²) in [6.07, 6.45) is 1.27. The van der Waals surface area contributed by atoms with Gasteiger partial charge in [-0.25, -0.2) is 0 Å². The lowest BCUT2D eigenvalue weighted by Gasteiger charge is -2.36. The molecule has 0 unspecified atom stereocenters. The highest BCUT2D eigenvalue weighted by Crippen LogP contribution is 2.18. The lowest BCUT2D eigenvalue weighted by Crippen LogP contribution is -2.46. The Labute approximate surface area is 98.7 Å². The molecule has 1 aromatic rings. The minimum absolute atomic E-state index is 0.701. The van der Waals surface area contributed by atoms with Crippen molar-refractivity contribution < 1.29 is 0 Å². The van der Waals surface area contributed by atoms with Crippen LogP contribution in [0.1, 0.15) is 18.9 Å². The van der Waals surface area contributed by atoms with Gasteiger partial charge in [0.05, 0.1) is 0 Å². The summed E-state index contributed by atoms with van der Waals surface area (Å²) in [7, 11) is 2.08. The van der Waals surface area contributed by atoms with Gasteiger partial charge < -0.3 is 5.32 Å². The van der Waals surface area contributed by atoms with E-state index in [1.807, 2.05) is 0 Å². The van der Waals surface area contributed by atoms with Gasteiger partial charge in [-0.15, -0.1) is 0 Å². The molecule has 0 aliphatic carbocycles. The van der Waals surface area contributed by atoms with E-state index in [-0.39, 0.29) is 0 Å². The smallest absolute Gasteiger partial charge is 0.0233 e. The third kappa shape index (κ3) is 2.83. The lowest BCUT2D eigenvalue weighted by molar-refractivity contribution is 0.145. The summed E-state index contributed by atoms with van der Waals surface area (Å²) >= 11 is 0. The molecule has 0 saturated carbocycles. The number of likely N-dealkylation sites (tertiary alicyclic amines) is 1. The molecule has 2 heteroatoms. The van der Waals surface area contributed by atoms with Crippen molar-refractivity contribution in [3.05, 3.63) is 35.9 Å². The van der Waals surface area contributed by atoms with Crippen molar-refractivity contribution >= 4 is 0 Å². The molecule has 1 N–H and O–H groups in total. The third-order valence-electron chi connectivity index (χ3n) is 3.61. The molecule has 1 aliphatic heterocycles. The molecule has 16 heavy (non-hydrogen) atoms. The summed E-state index contributed by atoms with van der Waals surface area (Å²) in [5.74, 6) is 0.752. The molecule has 1 aromatic carbocycles. The van der Waals surface area contributed by atoms with Gasteiger partial charge in [-0.2, -0.15) is 0 Å². The van der Waals surface area contributed by atoms with Crippen LogP contribution in [-0.4, -0.2) is 31.1 Å². The molecular formula is C14H22N2.